The van der Waals surface area contributed by atoms with Crippen molar-refractivity contribution in [2.75, 3.05) is 25.0 Å². The van der Waals surface area contributed by atoms with Gasteiger partial charge in [-0.25, -0.2) is 9.18 Å². The number of halogens is 1. The van der Waals surface area contributed by atoms with Gasteiger partial charge in [-0.1, -0.05) is 13.8 Å². The van der Waals surface area contributed by atoms with Crippen LogP contribution in [-0.4, -0.2) is 42.6 Å². The molecule has 7 heteroatoms. The number of carbonyl (C=O) groups excluding carboxylic acids is 2. The highest BCUT2D eigenvalue weighted by molar-refractivity contribution is 5.91. The molecule has 1 aromatic rings. The molecule has 0 saturated carbocycles. The Morgan fingerprint density at radius 1 is 1.22 bits per heavy atom. The summed E-state index contributed by atoms with van der Waals surface area (Å²) < 4.78 is 18.7. The van der Waals surface area contributed by atoms with Crippen LogP contribution in [0, 0.1) is 11.7 Å². The number of likely N-dealkylation sites (tertiary alicyclic amines) is 1. The van der Waals surface area contributed by atoms with Crippen LogP contribution in [-0.2, 0) is 4.79 Å². The van der Waals surface area contributed by atoms with Crippen LogP contribution >= 0.6 is 0 Å². The first-order valence-corrected chi connectivity index (χ1v) is 9.77. The minimum Gasteiger partial charge on any atom is -0.492 e. The van der Waals surface area contributed by atoms with Crippen LogP contribution in [0.4, 0.5) is 14.9 Å². The minimum absolute atomic E-state index is 0.00625. The number of hydrogen-bond donors (Lipinski definition) is 2. The molecule has 0 aliphatic carbocycles. The van der Waals surface area contributed by atoms with Gasteiger partial charge >= 0.3 is 6.03 Å². The zero-order valence-electron chi connectivity index (χ0n) is 16.4. The molecule has 6 nitrogen and oxygen atoms in total. The molecule has 1 saturated heterocycles. The predicted octanol–water partition coefficient (Wildman–Crippen LogP) is 3.77. The normalized spacial score (nSPS) is 14.9. The zero-order chi connectivity index (χ0) is 19.8. The van der Waals surface area contributed by atoms with E-state index in [0.717, 1.165) is 25.7 Å². The lowest BCUT2D eigenvalue weighted by Crippen LogP contribution is -2.48. The number of amides is 3. The van der Waals surface area contributed by atoms with E-state index < -0.39 is 5.82 Å². The lowest BCUT2D eigenvalue weighted by molar-refractivity contribution is -0.136. The van der Waals surface area contributed by atoms with Gasteiger partial charge in [0.25, 0.3) is 0 Å². The van der Waals surface area contributed by atoms with Gasteiger partial charge in [-0.3, -0.25) is 4.79 Å². The third kappa shape index (κ3) is 5.84. The summed E-state index contributed by atoms with van der Waals surface area (Å²) in [6, 6.07) is 3.66. The quantitative estimate of drug-likeness (QED) is 0.757. The molecule has 27 heavy (non-hydrogen) atoms. The summed E-state index contributed by atoms with van der Waals surface area (Å²) in [6.45, 7) is 7.56. The van der Waals surface area contributed by atoms with Gasteiger partial charge in [0.15, 0.2) is 0 Å². The number of ether oxygens (including phenoxy) is 1. The van der Waals surface area contributed by atoms with Crippen LogP contribution in [0.3, 0.4) is 0 Å². The monoisotopic (exact) mass is 379 g/mol. The molecule has 1 heterocycles. The third-order valence-corrected chi connectivity index (χ3v) is 4.97. The Kier molecular flexibility index (Phi) is 7.88. The van der Waals surface area contributed by atoms with Gasteiger partial charge < -0.3 is 20.3 Å². The van der Waals surface area contributed by atoms with Crippen molar-refractivity contribution in [1.82, 2.24) is 10.2 Å². The van der Waals surface area contributed by atoms with Gasteiger partial charge in [-0.05, 0) is 44.7 Å². The van der Waals surface area contributed by atoms with Gasteiger partial charge in [0.05, 0.1) is 12.3 Å². The first-order valence-electron chi connectivity index (χ1n) is 9.77. The number of nitrogens with zero attached hydrogens (tertiary/aromatic N) is 1. The average Bonchev–Trinajstić information content (AvgIpc) is 2.65. The summed E-state index contributed by atoms with van der Waals surface area (Å²) in [4.78, 5) is 26.6. The van der Waals surface area contributed by atoms with Crippen molar-refractivity contribution in [3.8, 4) is 5.75 Å². The maximum absolute atomic E-state index is 13.4. The molecule has 2 rings (SSSR count). The van der Waals surface area contributed by atoms with E-state index in [1.165, 1.54) is 18.2 Å². The van der Waals surface area contributed by atoms with Crippen LogP contribution in [0.15, 0.2) is 18.2 Å². The number of anilines is 1. The van der Waals surface area contributed by atoms with E-state index in [4.69, 9.17) is 4.74 Å². The number of carbonyl (C=O) groups is 2. The SMILES string of the molecule is CCOc1cc(F)ccc1NC(=O)NC1CCN(C(=O)C(CC)CC)CC1. The molecule has 2 N–H and O–H groups in total. The van der Waals surface area contributed by atoms with E-state index in [0.29, 0.717) is 31.1 Å². The highest BCUT2D eigenvalue weighted by Gasteiger charge is 2.27. The van der Waals surface area contributed by atoms with Crippen molar-refractivity contribution in [1.29, 1.82) is 0 Å². The second kappa shape index (κ2) is 10.1. The molecule has 0 bridgehead atoms. The number of hydrogen-bond acceptors (Lipinski definition) is 3. The number of piperidine rings is 1. The third-order valence-electron chi connectivity index (χ3n) is 4.97. The van der Waals surface area contributed by atoms with Crippen molar-refractivity contribution < 1.29 is 18.7 Å². The van der Waals surface area contributed by atoms with E-state index in [9.17, 15) is 14.0 Å². The molecular formula is C20H30FN3O3. The number of rotatable bonds is 7. The Balaban J connectivity index is 1.85. The molecule has 150 valence electrons. The van der Waals surface area contributed by atoms with Crippen molar-refractivity contribution >= 4 is 17.6 Å². The molecule has 1 aliphatic rings. The highest BCUT2D eigenvalue weighted by atomic mass is 19.1. The molecule has 1 aromatic carbocycles. The van der Waals surface area contributed by atoms with E-state index in [-0.39, 0.29) is 23.9 Å². The second-order valence-electron chi connectivity index (χ2n) is 6.78. The topological polar surface area (TPSA) is 70.7 Å². The number of benzene rings is 1. The molecular weight excluding hydrogens is 349 g/mol. The van der Waals surface area contributed by atoms with Crippen LogP contribution in [0.2, 0.25) is 0 Å². The van der Waals surface area contributed by atoms with E-state index in [1.807, 2.05) is 18.7 Å². The Morgan fingerprint density at radius 2 is 1.89 bits per heavy atom. The first kappa shape index (κ1) is 21.0. The summed E-state index contributed by atoms with van der Waals surface area (Å²) in [6.07, 6.45) is 3.16. The maximum Gasteiger partial charge on any atom is 0.319 e. The largest absolute Gasteiger partial charge is 0.492 e. The summed E-state index contributed by atoms with van der Waals surface area (Å²) >= 11 is 0. The lowest BCUT2D eigenvalue weighted by Gasteiger charge is -2.34. The lowest BCUT2D eigenvalue weighted by atomic mass is 9.98. The Morgan fingerprint density at radius 3 is 2.48 bits per heavy atom. The number of nitrogens with one attached hydrogen (secondary N) is 2. The zero-order valence-corrected chi connectivity index (χ0v) is 16.4. The molecule has 0 unspecified atom stereocenters. The fraction of sp³-hybridized carbons (Fsp3) is 0.600. The fourth-order valence-corrected chi connectivity index (χ4v) is 3.36. The summed E-state index contributed by atoms with van der Waals surface area (Å²) in [5.41, 5.74) is 0.428. The molecule has 0 radical (unpaired) electrons. The maximum atomic E-state index is 13.4. The highest BCUT2D eigenvalue weighted by Crippen LogP contribution is 2.25. The smallest absolute Gasteiger partial charge is 0.319 e. The van der Waals surface area contributed by atoms with Gasteiger partial charge in [0, 0.05) is 31.1 Å². The van der Waals surface area contributed by atoms with Crippen molar-refractivity contribution in [3.63, 3.8) is 0 Å². The molecule has 0 spiro atoms. The van der Waals surface area contributed by atoms with E-state index in [1.54, 1.807) is 6.92 Å². The Hall–Kier alpha value is -2.31. The predicted molar refractivity (Wildman–Crippen MR) is 103 cm³/mol. The fourth-order valence-electron chi connectivity index (χ4n) is 3.36. The minimum atomic E-state index is -0.418. The molecule has 1 aliphatic heterocycles. The van der Waals surface area contributed by atoms with E-state index in [2.05, 4.69) is 10.6 Å². The Labute approximate surface area is 160 Å². The van der Waals surface area contributed by atoms with Crippen LogP contribution < -0.4 is 15.4 Å². The molecule has 0 atom stereocenters. The van der Waals surface area contributed by atoms with Gasteiger partial charge in [0.1, 0.15) is 11.6 Å². The van der Waals surface area contributed by atoms with Gasteiger partial charge in [-0.2, -0.15) is 0 Å². The van der Waals surface area contributed by atoms with E-state index >= 15 is 0 Å². The van der Waals surface area contributed by atoms with Gasteiger partial charge in [-0.15, -0.1) is 0 Å². The van der Waals surface area contributed by atoms with Crippen molar-refractivity contribution in [2.45, 2.75) is 52.5 Å². The average molecular weight is 379 g/mol. The number of urea groups is 1. The summed E-state index contributed by atoms with van der Waals surface area (Å²) in [7, 11) is 0. The summed E-state index contributed by atoms with van der Waals surface area (Å²) in [5.74, 6) is 0.195. The van der Waals surface area contributed by atoms with Crippen LogP contribution in [0.25, 0.3) is 0 Å². The van der Waals surface area contributed by atoms with Crippen LogP contribution in [0.5, 0.6) is 5.75 Å². The van der Waals surface area contributed by atoms with Gasteiger partial charge in [0.2, 0.25) is 5.91 Å². The molecule has 0 aromatic heterocycles. The van der Waals surface area contributed by atoms with Crippen LogP contribution in [0.1, 0.15) is 46.5 Å². The Bertz CT molecular complexity index is 641. The standard InChI is InChI=1S/C20H30FN3O3/c1-4-14(5-2)19(25)24-11-9-16(10-12-24)22-20(26)23-17-8-7-15(21)13-18(17)27-6-3/h7-8,13-14,16H,4-6,9-12H2,1-3H3,(H2,22,23,26). The van der Waals surface area contributed by atoms with Crippen molar-refractivity contribution in [3.05, 3.63) is 24.0 Å². The van der Waals surface area contributed by atoms with Crippen molar-refractivity contribution in [2.24, 2.45) is 5.92 Å². The summed E-state index contributed by atoms with van der Waals surface area (Å²) in [5, 5.41) is 5.65. The second-order valence-corrected chi connectivity index (χ2v) is 6.78. The first-order chi connectivity index (χ1) is 13.0. The molecule has 1 fully saturated rings. The molecule has 3 amide bonds.